The number of hydrogen-bond acceptors (Lipinski definition) is 2. The second kappa shape index (κ2) is 5.77. The van der Waals surface area contributed by atoms with Crippen LogP contribution in [-0.4, -0.2) is 11.6 Å². The molecule has 2 nitrogen and oxygen atoms in total. The largest absolute Gasteiger partial charge is 0.473 e. The fraction of sp³-hybridized carbons (Fsp3) is 0.133. The van der Waals surface area contributed by atoms with Crippen LogP contribution in [-0.2, 0) is 6.18 Å². The maximum Gasteiger partial charge on any atom is 0.416 e. The molecule has 0 saturated carbocycles. The summed E-state index contributed by atoms with van der Waals surface area (Å²) in [6.07, 6.45) is -3.00. The highest BCUT2D eigenvalue weighted by molar-refractivity contribution is 5.60. The number of rotatable bonds is 4. The van der Waals surface area contributed by atoms with Crippen molar-refractivity contribution >= 4 is 0 Å². The first-order valence-electron chi connectivity index (χ1n) is 5.89. The topological polar surface area (TPSA) is 22.1 Å². The molecule has 1 aromatic carbocycles. The van der Waals surface area contributed by atoms with Crippen molar-refractivity contribution in [2.45, 2.75) is 6.18 Å². The number of pyridine rings is 1. The minimum absolute atomic E-state index is 0.0708. The van der Waals surface area contributed by atoms with Gasteiger partial charge in [0.1, 0.15) is 6.61 Å². The quantitative estimate of drug-likeness (QED) is 0.777. The van der Waals surface area contributed by atoms with Crippen LogP contribution < -0.4 is 4.74 Å². The van der Waals surface area contributed by atoms with Crippen LogP contribution in [0.3, 0.4) is 0 Å². The fourth-order valence-corrected chi connectivity index (χ4v) is 1.64. The number of benzene rings is 1. The summed E-state index contributed by atoms with van der Waals surface area (Å²) in [5.41, 5.74) is 0.0342. The molecule has 0 N–H and O–H groups in total. The summed E-state index contributed by atoms with van der Waals surface area (Å²) >= 11 is 0. The molecule has 0 amide bonds. The van der Waals surface area contributed by atoms with Crippen molar-refractivity contribution in [2.24, 2.45) is 0 Å². The summed E-state index contributed by atoms with van der Waals surface area (Å²) in [5, 5.41) is 0. The van der Waals surface area contributed by atoms with Crippen molar-refractivity contribution < 1.29 is 17.9 Å². The molecule has 0 unspecified atom stereocenters. The molecule has 2 aromatic rings. The van der Waals surface area contributed by atoms with E-state index in [-0.39, 0.29) is 18.2 Å². The minimum Gasteiger partial charge on any atom is -0.473 e. The third-order valence-corrected chi connectivity index (χ3v) is 2.55. The number of ether oxygens (including phenoxy) is 1. The Kier molecular flexibility index (Phi) is 4.08. The number of hydrogen-bond donors (Lipinski definition) is 0. The van der Waals surface area contributed by atoms with Gasteiger partial charge in [0, 0.05) is 11.6 Å². The number of halogens is 3. The van der Waals surface area contributed by atoms with Crippen molar-refractivity contribution in [3.63, 3.8) is 0 Å². The van der Waals surface area contributed by atoms with Crippen LogP contribution in [0.2, 0.25) is 0 Å². The lowest BCUT2D eigenvalue weighted by molar-refractivity contribution is -0.137. The third-order valence-electron chi connectivity index (χ3n) is 2.55. The lowest BCUT2D eigenvalue weighted by Gasteiger charge is -2.11. The van der Waals surface area contributed by atoms with E-state index in [4.69, 9.17) is 4.74 Å². The summed E-state index contributed by atoms with van der Waals surface area (Å²) in [6.45, 7) is 3.55. The Morgan fingerprint density at radius 2 is 1.85 bits per heavy atom. The predicted octanol–water partition coefficient (Wildman–Crippen LogP) is 4.33. The molecule has 1 aromatic heterocycles. The second-order valence-electron chi connectivity index (χ2n) is 4.04. The van der Waals surface area contributed by atoms with Crippen molar-refractivity contribution in [3.05, 3.63) is 60.7 Å². The zero-order valence-electron chi connectivity index (χ0n) is 10.5. The Morgan fingerprint density at radius 1 is 1.15 bits per heavy atom. The van der Waals surface area contributed by atoms with Gasteiger partial charge in [-0.25, -0.2) is 4.98 Å². The van der Waals surface area contributed by atoms with Crippen molar-refractivity contribution in [2.75, 3.05) is 6.61 Å². The molecule has 1 heterocycles. The number of alkyl halides is 3. The van der Waals surface area contributed by atoms with Crippen molar-refractivity contribution in [1.29, 1.82) is 0 Å². The highest BCUT2D eigenvalue weighted by Crippen LogP contribution is 2.33. The molecule has 0 aliphatic heterocycles. The minimum atomic E-state index is -4.45. The van der Waals surface area contributed by atoms with Gasteiger partial charge in [-0.05, 0) is 6.07 Å². The standard InChI is InChI=1S/C15H12F3NO/c1-2-8-20-14-10-12(15(16,17)18)9-13(19-14)11-6-4-3-5-7-11/h2-7,9-10H,1,8H2. The van der Waals surface area contributed by atoms with Gasteiger partial charge in [-0.15, -0.1) is 0 Å². The Morgan fingerprint density at radius 3 is 2.45 bits per heavy atom. The molecule has 0 spiro atoms. The van der Waals surface area contributed by atoms with Crippen molar-refractivity contribution in [1.82, 2.24) is 4.98 Å². The van der Waals surface area contributed by atoms with E-state index in [9.17, 15) is 13.2 Å². The Labute approximate surface area is 114 Å². The lowest BCUT2D eigenvalue weighted by atomic mass is 10.1. The number of nitrogens with zero attached hydrogens (tertiary/aromatic N) is 1. The molecule has 0 bridgehead atoms. The first-order valence-corrected chi connectivity index (χ1v) is 5.89. The van der Waals surface area contributed by atoms with Crippen LogP contribution in [0.4, 0.5) is 13.2 Å². The molecule has 0 aliphatic carbocycles. The van der Waals surface area contributed by atoms with Crippen LogP contribution in [0, 0.1) is 0 Å². The van der Waals surface area contributed by atoms with Gasteiger partial charge < -0.3 is 4.74 Å². The lowest BCUT2D eigenvalue weighted by Crippen LogP contribution is -2.07. The van der Waals surface area contributed by atoms with E-state index in [1.54, 1.807) is 30.3 Å². The summed E-state index contributed by atoms with van der Waals surface area (Å²) in [7, 11) is 0. The predicted molar refractivity (Wildman–Crippen MR) is 70.4 cm³/mol. The first-order chi connectivity index (χ1) is 9.50. The SMILES string of the molecule is C=CCOc1cc(C(F)(F)F)cc(-c2ccccc2)n1. The maximum absolute atomic E-state index is 12.9. The monoisotopic (exact) mass is 279 g/mol. The maximum atomic E-state index is 12.9. The number of aromatic nitrogens is 1. The molecule has 0 aliphatic rings. The Balaban J connectivity index is 2.48. The molecule has 0 atom stereocenters. The zero-order valence-corrected chi connectivity index (χ0v) is 10.5. The highest BCUT2D eigenvalue weighted by Gasteiger charge is 2.32. The molecular formula is C15H12F3NO. The van der Waals surface area contributed by atoms with E-state index in [0.717, 1.165) is 12.1 Å². The van der Waals surface area contributed by atoms with Crippen LogP contribution in [0.15, 0.2) is 55.1 Å². The van der Waals surface area contributed by atoms with Gasteiger partial charge in [-0.1, -0.05) is 43.0 Å². The second-order valence-corrected chi connectivity index (χ2v) is 4.04. The zero-order chi connectivity index (χ0) is 14.6. The Bertz CT molecular complexity index is 594. The average molecular weight is 279 g/mol. The Hall–Kier alpha value is -2.30. The van der Waals surface area contributed by atoms with Crippen molar-refractivity contribution in [3.8, 4) is 17.1 Å². The first kappa shape index (κ1) is 14.1. The third kappa shape index (κ3) is 3.38. The van der Waals surface area contributed by atoms with E-state index in [1.165, 1.54) is 6.08 Å². The van der Waals surface area contributed by atoms with Gasteiger partial charge in [0.25, 0.3) is 0 Å². The van der Waals surface area contributed by atoms with E-state index in [1.807, 2.05) is 0 Å². The highest BCUT2D eigenvalue weighted by atomic mass is 19.4. The van der Waals surface area contributed by atoms with E-state index in [2.05, 4.69) is 11.6 Å². The molecule has 104 valence electrons. The van der Waals surface area contributed by atoms with Gasteiger partial charge in [-0.3, -0.25) is 0 Å². The van der Waals surface area contributed by atoms with Crippen LogP contribution >= 0.6 is 0 Å². The molecular weight excluding hydrogens is 267 g/mol. The van der Waals surface area contributed by atoms with E-state index >= 15 is 0 Å². The fourth-order valence-electron chi connectivity index (χ4n) is 1.64. The molecule has 2 rings (SSSR count). The van der Waals surface area contributed by atoms with Crippen LogP contribution in [0.1, 0.15) is 5.56 Å². The van der Waals surface area contributed by atoms with Gasteiger partial charge in [0.2, 0.25) is 5.88 Å². The van der Waals surface area contributed by atoms with Gasteiger partial charge in [-0.2, -0.15) is 13.2 Å². The smallest absolute Gasteiger partial charge is 0.416 e. The van der Waals surface area contributed by atoms with E-state index < -0.39 is 11.7 Å². The van der Waals surface area contributed by atoms with Crippen LogP contribution in [0.5, 0.6) is 5.88 Å². The molecule has 0 fully saturated rings. The summed E-state index contributed by atoms with van der Waals surface area (Å²) < 4.78 is 43.8. The van der Waals surface area contributed by atoms with Gasteiger partial charge >= 0.3 is 6.18 Å². The summed E-state index contributed by atoms with van der Waals surface area (Å²) in [5.74, 6) is -0.0708. The average Bonchev–Trinajstić information content (AvgIpc) is 2.45. The van der Waals surface area contributed by atoms with Crippen LogP contribution in [0.25, 0.3) is 11.3 Å². The van der Waals surface area contributed by atoms with Gasteiger partial charge in [0.15, 0.2) is 0 Å². The normalized spacial score (nSPS) is 11.2. The van der Waals surface area contributed by atoms with Gasteiger partial charge in [0.05, 0.1) is 11.3 Å². The molecule has 5 heteroatoms. The molecule has 0 radical (unpaired) electrons. The summed E-state index contributed by atoms with van der Waals surface area (Å²) in [4.78, 5) is 4.08. The molecule has 0 saturated heterocycles. The molecule has 20 heavy (non-hydrogen) atoms. The summed E-state index contributed by atoms with van der Waals surface area (Å²) in [6, 6.07) is 10.5. The van der Waals surface area contributed by atoms with E-state index in [0.29, 0.717) is 5.56 Å².